The first-order valence-electron chi connectivity index (χ1n) is 8.45. The minimum atomic E-state index is -2.84. The Morgan fingerprint density at radius 2 is 2.08 bits per heavy atom. The summed E-state index contributed by atoms with van der Waals surface area (Å²) in [4.78, 5) is 12.7. The van der Waals surface area contributed by atoms with Crippen LogP contribution in [-0.2, 0) is 15.1 Å². The summed E-state index contributed by atoms with van der Waals surface area (Å²) in [5.74, 6) is -4.30. The lowest BCUT2D eigenvalue weighted by Crippen LogP contribution is -2.44. The maximum absolute atomic E-state index is 13.7. The predicted octanol–water partition coefficient (Wildman–Crippen LogP) is 2.46. The van der Waals surface area contributed by atoms with E-state index in [2.05, 4.69) is 5.32 Å². The number of rotatable bonds is 5. The van der Waals surface area contributed by atoms with Crippen LogP contribution in [0.25, 0.3) is 0 Å². The van der Waals surface area contributed by atoms with Gasteiger partial charge in [0.05, 0.1) is 6.61 Å². The van der Waals surface area contributed by atoms with Crippen molar-refractivity contribution in [3.05, 3.63) is 35.9 Å². The fourth-order valence-electron chi connectivity index (χ4n) is 3.68. The number of aliphatic hydroxyl groups is 1. The quantitative estimate of drug-likeness (QED) is 0.809. The van der Waals surface area contributed by atoms with Crippen LogP contribution in [0.4, 0.5) is 8.78 Å². The molecule has 6 heteroatoms. The molecule has 4 nitrogen and oxygen atoms in total. The van der Waals surface area contributed by atoms with E-state index in [-0.39, 0.29) is 25.4 Å². The highest BCUT2D eigenvalue weighted by Gasteiger charge is 2.54. The number of halogens is 2. The average Bonchev–Trinajstić information content (AvgIpc) is 3.22. The van der Waals surface area contributed by atoms with E-state index in [0.717, 1.165) is 19.5 Å². The predicted molar refractivity (Wildman–Crippen MR) is 84.6 cm³/mol. The van der Waals surface area contributed by atoms with Crippen molar-refractivity contribution in [2.24, 2.45) is 11.8 Å². The van der Waals surface area contributed by atoms with Crippen LogP contribution in [0.2, 0.25) is 0 Å². The lowest BCUT2D eigenvalue weighted by molar-refractivity contribution is -0.176. The molecule has 2 aliphatic rings. The van der Waals surface area contributed by atoms with Crippen molar-refractivity contribution < 1.29 is 23.4 Å². The summed E-state index contributed by atoms with van der Waals surface area (Å²) in [7, 11) is 0. The van der Waals surface area contributed by atoms with E-state index in [4.69, 9.17) is 4.74 Å². The summed E-state index contributed by atoms with van der Waals surface area (Å²) >= 11 is 0. The molecule has 1 saturated carbocycles. The van der Waals surface area contributed by atoms with Crippen LogP contribution in [-0.4, -0.2) is 36.7 Å². The lowest BCUT2D eigenvalue weighted by atomic mass is 9.80. The van der Waals surface area contributed by atoms with Crippen molar-refractivity contribution in [1.82, 2.24) is 5.32 Å². The van der Waals surface area contributed by atoms with Gasteiger partial charge in [0, 0.05) is 31.2 Å². The molecule has 24 heavy (non-hydrogen) atoms. The van der Waals surface area contributed by atoms with Gasteiger partial charge in [-0.25, -0.2) is 13.6 Å². The van der Waals surface area contributed by atoms with Crippen LogP contribution in [0.5, 0.6) is 0 Å². The van der Waals surface area contributed by atoms with Crippen molar-refractivity contribution in [2.75, 3.05) is 19.7 Å². The molecule has 132 valence electrons. The first kappa shape index (κ1) is 17.3. The van der Waals surface area contributed by atoms with Gasteiger partial charge in [-0.2, -0.15) is 0 Å². The molecule has 1 aliphatic carbocycles. The molecule has 0 amide bonds. The number of benzene rings is 1. The van der Waals surface area contributed by atoms with Crippen molar-refractivity contribution in [3.8, 4) is 0 Å². The molecular weight excluding hydrogens is 316 g/mol. The van der Waals surface area contributed by atoms with Gasteiger partial charge in [0.1, 0.15) is 0 Å². The van der Waals surface area contributed by atoms with Gasteiger partial charge >= 0.3 is 5.97 Å². The molecule has 0 bridgehead atoms. The third kappa shape index (κ3) is 3.44. The zero-order valence-electron chi connectivity index (χ0n) is 13.5. The summed E-state index contributed by atoms with van der Waals surface area (Å²) in [6.07, 6.45) is 0.183. The fourth-order valence-corrected chi connectivity index (χ4v) is 3.68. The number of carbonyl (C=O) groups excluding carboxylic acids is 1. The van der Waals surface area contributed by atoms with E-state index >= 15 is 0 Å². The number of hydrogen-bond donors (Lipinski definition) is 2. The normalized spacial score (nSPS) is 28.5. The van der Waals surface area contributed by atoms with Gasteiger partial charge in [0.2, 0.25) is 5.92 Å². The maximum atomic E-state index is 13.7. The molecule has 1 heterocycles. The van der Waals surface area contributed by atoms with Crippen molar-refractivity contribution in [3.63, 3.8) is 0 Å². The molecule has 0 unspecified atom stereocenters. The zero-order chi connectivity index (χ0) is 17.2. The van der Waals surface area contributed by atoms with Gasteiger partial charge < -0.3 is 15.2 Å². The van der Waals surface area contributed by atoms with Crippen LogP contribution >= 0.6 is 0 Å². The molecule has 2 N–H and O–H groups in total. The Balaban J connectivity index is 1.80. The molecule has 0 spiro atoms. The van der Waals surface area contributed by atoms with Crippen molar-refractivity contribution in [1.29, 1.82) is 0 Å². The monoisotopic (exact) mass is 339 g/mol. The van der Waals surface area contributed by atoms with E-state index in [1.165, 1.54) is 0 Å². The van der Waals surface area contributed by atoms with Crippen LogP contribution < -0.4 is 5.32 Å². The number of carbonyl (C=O) groups is 1. The van der Waals surface area contributed by atoms with Crippen molar-refractivity contribution in [2.45, 2.75) is 37.2 Å². The van der Waals surface area contributed by atoms with Gasteiger partial charge in [0.15, 0.2) is 5.60 Å². The standard InChI is InChI=1S/C18H23F2NO3/c19-17(20)8-6-15(10-17)18(23,14-4-2-1-3-5-14)16(22)24-12-13-7-9-21-11-13/h1-5,13,15,21,23H,6-12H2/t13-,15-,18+/m1/s1. The summed E-state index contributed by atoms with van der Waals surface area (Å²) < 4.78 is 32.7. The first-order chi connectivity index (χ1) is 11.4. The highest BCUT2D eigenvalue weighted by atomic mass is 19.3. The number of ether oxygens (including phenoxy) is 1. The zero-order valence-corrected chi connectivity index (χ0v) is 13.5. The summed E-state index contributed by atoms with van der Waals surface area (Å²) in [5, 5.41) is 14.3. The topological polar surface area (TPSA) is 58.6 Å². The lowest BCUT2D eigenvalue weighted by Gasteiger charge is -2.32. The van der Waals surface area contributed by atoms with E-state index < -0.39 is 29.8 Å². The molecule has 1 aromatic rings. The largest absolute Gasteiger partial charge is 0.463 e. The van der Waals surface area contributed by atoms with E-state index in [9.17, 15) is 18.7 Å². The number of nitrogens with one attached hydrogen (secondary N) is 1. The Kier molecular flexibility index (Phi) is 4.88. The minimum absolute atomic E-state index is 0.0957. The minimum Gasteiger partial charge on any atom is -0.463 e. The molecule has 1 saturated heterocycles. The average molecular weight is 339 g/mol. The van der Waals surface area contributed by atoms with E-state index in [0.29, 0.717) is 5.56 Å². The second-order valence-electron chi connectivity index (χ2n) is 6.89. The Morgan fingerprint density at radius 3 is 2.67 bits per heavy atom. The molecule has 3 atom stereocenters. The van der Waals surface area contributed by atoms with Gasteiger partial charge in [-0.15, -0.1) is 0 Å². The summed E-state index contributed by atoms with van der Waals surface area (Å²) in [6, 6.07) is 8.30. The Hall–Kier alpha value is -1.53. The van der Waals surface area contributed by atoms with Crippen LogP contribution in [0.1, 0.15) is 31.2 Å². The summed E-state index contributed by atoms with van der Waals surface area (Å²) in [5.41, 5.74) is -1.70. The van der Waals surface area contributed by atoms with Gasteiger partial charge in [-0.3, -0.25) is 0 Å². The second-order valence-corrected chi connectivity index (χ2v) is 6.89. The third-order valence-electron chi connectivity index (χ3n) is 5.13. The fraction of sp³-hybridized carbons (Fsp3) is 0.611. The molecule has 0 radical (unpaired) electrons. The van der Waals surface area contributed by atoms with Gasteiger partial charge in [-0.1, -0.05) is 30.3 Å². The maximum Gasteiger partial charge on any atom is 0.343 e. The highest BCUT2D eigenvalue weighted by Crippen LogP contribution is 2.47. The van der Waals surface area contributed by atoms with E-state index in [1.807, 2.05) is 0 Å². The smallest absolute Gasteiger partial charge is 0.343 e. The van der Waals surface area contributed by atoms with Crippen LogP contribution in [0.15, 0.2) is 30.3 Å². The second kappa shape index (κ2) is 6.76. The molecule has 3 rings (SSSR count). The molecule has 2 fully saturated rings. The van der Waals surface area contributed by atoms with Crippen LogP contribution in [0, 0.1) is 11.8 Å². The number of esters is 1. The molecule has 0 aromatic heterocycles. The number of alkyl halides is 2. The highest BCUT2D eigenvalue weighted by molar-refractivity contribution is 5.81. The van der Waals surface area contributed by atoms with Gasteiger partial charge in [0.25, 0.3) is 0 Å². The van der Waals surface area contributed by atoms with Crippen molar-refractivity contribution >= 4 is 5.97 Å². The third-order valence-corrected chi connectivity index (χ3v) is 5.13. The Labute approximate surface area is 140 Å². The van der Waals surface area contributed by atoms with E-state index in [1.54, 1.807) is 30.3 Å². The summed E-state index contributed by atoms with van der Waals surface area (Å²) in [6.45, 7) is 1.84. The Morgan fingerprint density at radius 1 is 1.33 bits per heavy atom. The Bertz CT molecular complexity index is 575. The number of hydrogen-bond acceptors (Lipinski definition) is 4. The first-order valence-corrected chi connectivity index (χ1v) is 8.45. The molecular formula is C18H23F2NO3. The van der Waals surface area contributed by atoms with Crippen LogP contribution in [0.3, 0.4) is 0 Å². The molecule has 1 aromatic carbocycles. The van der Waals surface area contributed by atoms with Gasteiger partial charge in [-0.05, 0) is 24.9 Å². The molecule has 1 aliphatic heterocycles. The SMILES string of the molecule is O=C(OC[C@@H]1CCNC1)[C@](O)(c1ccccc1)[C@@H]1CCC(F)(F)C1.